The lowest BCUT2D eigenvalue weighted by atomic mass is 10.2. The molecule has 0 bridgehead atoms. The van der Waals surface area contributed by atoms with Crippen LogP contribution in [0.2, 0.25) is 0 Å². The number of nitrogens with zero attached hydrogens (tertiary/aromatic N) is 3. The van der Waals surface area contributed by atoms with E-state index in [-0.39, 0.29) is 35.2 Å². The van der Waals surface area contributed by atoms with Gasteiger partial charge in [-0.25, -0.2) is 8.42 Å². The van der Waals surface area contributed by atoms with Crippen molar-refractivity contribution in [1.82, 2.24) is 25.5 Å². The molecule has 9 nitrogen and oxygen atoms in total. The van der Waals surface area contributed by atoms with Crippen molar-refractivity contribution in [2.75, 3.05) is 12.8 Å². The minimum Gasteiger partial charge on any atom is -0.356 e. The summed E-state index contributed by atoms with van der Waals surface area (Å²) in [6.07, 6.45) is 3.71. The molecule has 3 aromatic rings. The van der Waals surface area contributed by atoms with Gasteiger partial charge in [0.05, 0.1) is 4.90 Å². The topological polar surface area (TPSA) is 135 Å². The van der Waals surface area contributed by atoms with Crippen molar-refractivity contribution in [2.24, 2.45) is 0 Å². The number of aromatic nitrogens is 4. The highest BCUT2D eigenvalue weighted by atomic mass is 32.2. The van der Waals surface area contributed by atoms with Crippen molar-refractivity contribution in [3.05, 3.63) is 70.4 Å². The second-order valence-corrected chi connectivity index (χ2v) is 8.68. The van der Waals surface area contributed by atoms with Crippen LogP contribution in [-0.4, -0.2) is 47.3 Å². The maximum atomic E-state index is 12.3. The zero-order chi connectivity index (χ0) is 21.6. The number of hydrogen-bond acceptors (Lipinski definition) is 7. The van der Waals surface area contributed by atoms with E-state index in [4.69, 9.17) is 0 Å². The van der Waals surface area contributed by atoms with Crippen LogP contribution in [0.3, 0.4) is 0 Å². The molecule has 0 aliphatic rings. The number of aromatic amines is 1. The average molecular weight is 427 g/mol. The van der Waals surface area contributed by atoms with Gasteiger partial charge in [-0.2, -0.15) is 0 Å². The fraction of sp³-hybridized carbons (Fsp3) is 0.250. The Morgan fingerprint density at radius 2 is 1.83 bits per heavy atom. The third-order valence-electron chi connectivity index (χ3n) is 4.34. The van der Waals surface area contributed by atoms with Crippen LogP contribution in [0.4, 0.5) is 0 Å². The average Bonchev–Trinajstić information content (AvgIpc) is 2.73. The summed E-state index contributed by atoms with van der Waals surface area (Å²) < 4.78 is 23.0. The van der Waals surface area contributed by atoms with E-state index in [0.717, 1.165) is 11.9 Å². The number of sulfone groups is 1. The Morgan fingerprint density at radius 1 is 1.07 bits per heavy atom. The summed E-state index contributed by atoms with van der Waals surface area (Å²) in [7, 11) is -3.30. The molecule has 0 fully saturated rings. The van der Waals surface area contributed by atoms with Crippen molar-refractivity contribution >= 4 is 15.7 Å². The molecule has 0 unspecified atom stereocenters. The van der Waals surface area contributed by atoms with E-state index in [0.29, 0.717) is 18.5 Å². The van der Waals surface area contributed by atoms with E-state index in [1.54, 1.807) is 18.3 Å². The first kappa shape index (κ1) is 21.3. The maximum absolute atomic E-state index is 12.3. The standard InChI is InChI=1S/C20H21N5O4S/c1-30(28,29)16-7-5-14(6-8-16)19-23-20(27)17(24-25-19)9-10-18(26)22-13-11-15-4-2-3-12-21-15/h2-8,12H,9-11,13H2,1H3,(H,22,26)(H,23,25,27). The number of pyridine rings is 1. The molecule has 0 aliphatic heterocycles. The molecular formula is C20H21N5O4S. The van der Waals surface area contributed by atoms with Crippen LogP contribution in [0.25, 0.3) is 11.4 Å². The predicted molar refractivity (Wildman–Crippen MR) is 110 cm³/mol. The molecule has 1 aromatic carbocycles. The predicted octanol–water partition coefficient (Wildman–Crippen LogP) is 0.922. The van der Waals surface area contributed by atoms with Crippen molar-refractivity contribution < 1.29 is 13.2 Å². The highest BCUT2D eigenvalue weighted by molar-refractivity contribution is 7.90. The highest BCUT2D eigenvalue weighted by Crippen LogP contribution is 2.16. The molecule has 1 amide bonds. The first-order valence-electron chi connectivity index (χ1n) is 9.26. The van der Waals surface area contributed by atoms with E-state index in [1.165, 1.54) is 12.1 Å². The highest BCUT2D eigenvalue weighted by Gasteiger charge is 2.11. The van der Waals surface area contributed by atoms with Crippen molar-refractivity contribution in [1.29, 1.82) is 0 Å². The lowest BCUT2D eigenvalue weighted by Gasteiger charge is -2.05. The third kappa shape index (κ3) is 5.80. The number of carbonyl (C=O) groups excluding carboxylic acids is 1. The lowest BCUT2D eigenvalue weighted by Crippen LogP contribution is -2.27. The monoisotopic (exact) mass is 427 g/mol. The van der Waals surface area contributed by atoms with Gasteiger partial charge < -0.3 is 10.3 Å². The smallest absolute Gasteiger partial charge is 0.273 e. The zero-order valence-electron chi connectivity index (χ0n) is 16.3. The quantitative estimate of drug-likeness (QED) is 0.546. The van der Waals surface area contributed by atoms with Crippen LogP contribution in [0.5, 0.6) is 0 Å². The van der Waals surface area contributed by atoms with Crippen LogP contribution in [-0.2, 0) is 27.5 Å². The Hall–Kier alpha value is -3.40. The van der Waals surface area contributed by atoms with Crippen molar-refractivity contribution in [3.8, 4) is 11.4 Å². The molecule has 2 heterocycles. The van der Waals surface area contributed by atoms with E-state index in [1.807, 2.05) is 18.2 Å². The third-order valence-corrected chi connectivity index (χ3v) is 5.47. The number of rotatable bonds is 8. The van der Waals surface area contributed by atoms with Crippen molar-refractivity contribution in [3.63, 3.8) is 0 Å². The molecule has 0 atom stereocenters. The number of H-pyrrole nitrogens is 1. The molecule has 0 radical (unpaired) electrons. The molecule has 30 heavy (non-hydrogen) atoms. The molecule has 2 aromatic heterocycles. The lowest BCUT2D eigenvalue weighted by molar-refractivity contribution is -0.121. The number of aryl methyl sites for hydroxylation is 1. The summed E-state index contributed by atoms with van der Waals surface area (Å²) in [6, 6.07) is 11.6. The van der Waals surface area contributed by atoms with Crippen LogP contribution < -0.4 is 10.9 Å². The number of benzene rings is 1. The van der Waals surface area contributed by atoms with Crippen molar-refractivity contribution in [2.45, 2.75) is 24.2 Å². The largest absolute Gasteiger partial charge is 0.356 e. The van der Waals surface area contributed by atoms with E-state index < -0.39 is 15.4 Å². The van der Waals surface area contributed by atoms with Gasteiger partial charge in [0, 0.05) is 49.5 Å². The van der Waals surface area contributed by atoms with Crippen LogP contribution in [0, 0.1) is 0 Å². The van der Waals surface area contributed by atoms with Gasteiger partial charge in [-0.3, -0.25) is 14.6 Å². The molecule has 0 aliphatic carbocycles. The summed E-state index contributed by atoms with van der Waals surface area (Å²) in [5, 5.41) is 10.7. The normalized spacial score (nSPS) is 11.2. The molecule has 0 saturated carbocycles. The van der Waals surface area contributed by atoms with Crippen LogP contribution in [0.15, 0.2) is 58.4 Å². The second kappa shape index (κ2) is 9.40. The molecule has 2 N–H and O–H groups in total. The Kier molecular flexibility index (Phi) is 6.68. The first-order valence-corrected chi connectivity index (χ1v) is 11.1. The van der Waals surface area contributed by atoms with Gasteiger partial charge in [0.2, 0.25) is 5.91 Å². The Balaban J connectivity index is 1.55. The zero-order valence-corrected chi connectivity index (χ0v) is 17.1. The fourth-order valence-electron chi connectivity index (χ4n) is 2.71. The molecule has 0 saturated heterocycles. The molecular weight excluding hydrogens is 406 g/mol. The second-order valence-electron chi connectivity index (χ2n) is 6.67. The van der Waals surface area contributed by atoms with Gasteiger partial charge in [0.25, 0.3) is 5.56 Å². The molecule has 3 rings (SSSR count). The van der Waals surface area contributed by atoms with E-state index in [2.05, 4.69) is 25.5 Å². The summed E-state index contributed by atoms with van der Waals surface area (Å²) in [6.45, 7) is 0.459. The van der Waals surface area contributed by atoms with E-state index in [9.17, 15) is 18.0 Å². The van der Waals surface area contributed by atoms with Gasteiger partial charge in [-0.1, -0.05) is 6.07 Å². The minimum absolute atomic E-state index is 0.113. The SMILES string of the molecule is CS(=O)(=O)c1ccc(-c2nnc(CCC(=O)NCCc3ccccn3)c(=O)[nH]2)cc1. The van der Waals surface area contributed by atoms with Gasteiger partial charge in [0.15, 0.2) is 15.7 Å². The Morgan fingerprint density at radius 3 is 2.47 bits per heavy atom. The Bertz CT molecular complexity index is 1180. The van der Waals surface area contributed by atoms with Gasteiger partial charge >= 0.3 is 0 Å². The number of amides is 1. The number of carbonyl (C=O) groups is 1. The maximum Gasteiger partial charge on any atom is 0.273 e. The molecule has 156 valence electrons. The van der Waals surface area contributed by atoms with Gasteiger partial charge in [-0.05, 0) is 36.4 Å². The number of hydrogen-bond donors (Lipinski definition) is 2. The fourth-order valence-corrected chi connectivity index (χ4v) is 3.34. The van der Waals surface area contributed by atoms with Crippen LogP contribution in [0.1, 0.15) is 17.8 Å². The molecule has 10 heteroatoms. The summed E-state index contributed by atoms with van der Waals surface area (Å²) in [5.74, 6) is 0.0381. The minimum atomic E-state index is -3.30. The summed E-state index contributed by atoms with van der Waals surface area (Å²) in [4.78, 5) is 31.2. The Labute approximate surface area is 173 Å². The summed E-state index contributed by atoms with van der Waals surface area (Å²) in [5.41, 5.74) is 1.14. The van der Waals surface area contributed by atoms with Gasteiger partial charge in [0.1, 0.15) is 5.69 Å². The van der Waals surface area contributed by atoms with Gasteiger partial charge in [-0.15, -0.1) is 10.2 Å². The van der Waals surface area contributed by atoms with Crippen LogP contribution >= 0.6 is 0 Å². The van der Waals surface area contributed by atoms with E-state index >= 15 is 0 Å². The summed E-state index contributed by atoms with van der Waals surface area (Å²) >= 11 is 0. The number of nitrogens with one attached hydrogen (secondary N) is 2. The molecule has 0 spiro atoms. The first-order chi connectivity index (χ1) is 14.3.